The lowest BCUT2D eigenvalue weighted by atomic mass is 9.77. The van der Waals surface area contributed by atoms with E-state index in [9.17, 15) is 4.79 Å². The Morgan fingerprint density at radius 3 is 2.50 bits per heavy atom. The molecule has 2 rings (SSSR count). The zero-order valence-electron chi connectivity index (χ0n) is 11.7. The molecule has 2 N–H and O–H groups in total. The van der Waals surface area contributed by atoms with E-state index in [4.69, 9.17) is 10.5 Å². The average molecular weight is 254 g/mol. The summed E-state index contributed by atoms with van der Waals surface area (Å²) in [6.45, 7) is 3.59. The number of nitrogens with zero attached hydrogens (tertiary/aromatic N) is 1. The van der Waals surface area contributed by atoms with E-state index in [-0.39, 0.29) is 17.6 Å². The molecule has 1 aliphatic carbocycles. The van der Waals surface area contributed by atoms with E-state index in [1.807, 2.05) is 7.05 Å². The zero-order chi connectivity index (χ0) is 13.2. The average Bonchev–Trinajstić information content (AvgIpc) is 2.71. The largest absolute Gasteiger partial charge is 0.361 e. The van der Waals surface area contributed by atoms with Crippen LogP contribution >= 0.6 is 0 Å². The third kappa shape index (κ3) is 2.69. The van der Waals surface area contributed by atoms with Crippen molar-refractivity contribution in [3.8, 4) is 0 Å². The highest BCUT2D eigenvalue weighted by molar-refractivity contribution is 5.82. The maximum atomic E-state index is 11.9. The Hall–Kier alpha value is -0.610. The van der Waals surface area contributed by atoms with E-state index in [2.05, 4.69) is 6.92 Å². The van der Waals surface area contributed by atoms with Gasteiger partial charge in [0.25, 0.3) is 5.91 Å². The molecule has 0 aromatic rings. The lowest BCUT2D eigenvalue weighted by molar-refractivity contribution is -0.153. The monoisotopic (exact) mass is 254 g/mol. The predicted octanol–water partition coefficient (Wildman–Crippen LogP) is 1.53. The van der Waals surface area contributed by atoms with E-state index < -0.39 is 0 Å². The normalized spacial score (nSPS) is 37.3. The van der Waals surface area contributed by atoms with Crippen LogP contribution in [0.4, 0.5) is 0 Å². The molecule has 0 aromatic carbocycles. The Bertz CT molecular complexity index is 298. The van der Waals surface area contributed by atoms with Crippen LogP contribution in [0.5, 0.6) is 0 Å². The lowest BCUT2D eigenvalue weighted by Gasteiger charge is -2.40. The first-order valence-electron chi connectivity index (χ1n) is 7.23. The highest BCUT2D eigenvalue weighted by atomic mass is 16.5. The van der Waals surface area contributed by atoms with Crippen LogP contribution in [0.25, 0.3) is 0 Å². The molecule has 1 unspecified atom stereocenters. The van der Waals surface area contributed by atoms with Crippen LogP contribution in [0, 0.1) is 5.92 Å². The minimum absolute atomic E-state index is 0.125. The molecule has 1 amide bonds. The van der Waals surface area contributed by atoms with Crippen molar-refractivity contribution in [3.63, 3.8) is 0 Å². The molecule has 18 heavy (non-hydrogen) atoms. The topological polar surface area (TPSA) is 55.6 Å². The Kier molecular flexibility index (Phi) is 4.28. The second kappa shape index (κ2) is 5.57. The molecular weight excluding hydrogens is 228 g/mol. The minimum atomic E-state index is -0.253. The maximum absolute atomic E-state index is 11.9. The predicted molar refractivity (Wildman–Crippen MR) is 71.2 cm³/mol. The van der Waals surface area contributed by atoms with Crippen LogP contribution in [-0.2, 0) is 9.53 Å². The van der Waals surface area contributed by atoms with Gasteiger partial charge in [0.05, 0.1) is 5.60 Å². The molecule has 4 nitrogen and oxygen atoms in total. The van der Waals surface area contributed by atoms with E-state index in [1.165, 1.54) is 19.3 Å². The molecule has 2 fully saturated rings. The van der Waals surface area contributed by atoms with Crippen LogP contribution in [0.2, 0.25) is 0 Å². The van der Waals surface area contributed by atoms with Crippen LogP contribution in [0.3, 0.4) is 0 Å². The molecule has 1 heterocycles. The van der Waals surface area contributed by atoms with Gasteiger partial charge in [-0.1, -0.05) is 13.3 Å². The van der Waals surface area contributed by atoms with Gasteiger partial charge in [-0.2, -0.15) is 0 Å². The second-order valence-electron chi connectivity index (χ2n) is 5.89. The van der Waals surface area contributed by atoms with Crippen molar-refractivity contribution >= 4 is 5.91 Å². The molecule has 104 valence electrons. The maximum Gasteiger partial charge on any atom is 0.251 e. The quantitative estimate of drug-likeness (QED) is 0.828. The number of nitrogens with two attached hydrogens (primary N) is 1. The van der Waals surface area contributed by atoms with Crippen LogP contribution in [0.15, 0.2) is 0 Å². The minimum Gasteiger partial charge on any atom is -0.361 e. The third-order valence-electron chi connectivity index (χ3n) is 4.74. The number of rotatable bonds is 4. The Morgan fingerprint density at radius 2 is 2.06 bits per heavy atom. The SMILES string of the molecule is CCC1CCC(CN)(OC2CCN(C)C2=O)CC1. The molecule has 1 saturated carbocycles. The Morgan fingerprint density at radius 1 is 1.39 bits per heavy atom. The van der Waals surface area contributed by atoms with E-state index in [1.54, 1.807) is 4.90 Å². The standard InChI is InChI=1S/C14H26N2O2/c1-3-11-4-7-14(10-15,8-5-11)18-12-6-9-16(2)13(12)17/h11-12H,3-10,15H2,1-2H3. The van der Waals surface area contributed by atoms with Crippen molar-refractivity contribution in [2.24, 2.45) is 11.7 Å². The first-order valence-corrected chi connectivity index (χ1v) is 7.23. The molecule has 0 bridgehead atoms. The van der Waals surface area contributed by atoms with Gasteiger partial charge >= 0.3 is 0 Å². The van der Waals surface area contributed by atoms with E-state index in [0.717, 1.165) is 31.7 Å². The Labute approximate surface area is 110 Å². The summed E-state index contributed by atoms with van der Waals surface area (Å²) in [5.74, 6) is 0.940. The highest BCUT2D eigenvalue weighted by Gasteiger charge is 2.41. The van der Waals surface area contributed by atoms with Crippen LogP contribution in [0.1, 0.15) is 45.4 Å². The van der Waals surface area contributed by atoms with Gasteiger partial charge in [0.2, 0.25) is 0 Å². The molecule has 2 aliphatic rings. The van der Waals surface area contributed by atoms with Gasteiger partial charge in [0, 0.05) is 26.6 Å². The number of carbonyl (C=O) groups is 1. The van der Waals surface area contributed by atoms with Gasteiger partial charge < -0.3 is 15.4 Å². The molecule has 0 spiro atoms. The molecule has 1 atom stereocenters. The van der Waals surface area contributed by atoms with Crippen molar-refractivity contribution in [3.05, 3.63) is 0 Å². The summed E-state index contributed by atoms with van der Waals surface area (Å²) in [6.07, 6.45) is 6.19. The molecule has 1 saturated heterocycles. The number of hydrogen-bond acceptors (Lipinski definition) is 3. The van der Waals surface area contributed by atoms with E-state index >= 15 is 0 Å². The van der Waals surface area contributed by atoms with Crippen molar-refractivity contribution in [1.82, 2.24) is 4.90 Å². The summed E-state index contributed by atoms with van der Waals surface area (Å²) in [7, 11) is 1.84. The summed E-state index contributed by atoms with van der Waals surface area (Å²) in [5, 5.41) is 0. The fourth-order valence-corrected chi connectivity index (χ4v) is 3.18. The van der Waals surface area contributed by atoms with Gasteiger partial charge in [-0.15, -0.1) is 0 Å². The number of likely N-dealkylation sites (N-methyl/N-ethyl adjacent to an activating group) is 1. The number of carbonyl (C=O) groups excluding carboxylic acids is 1. The van der Waals surface area contributed by atoms with Crippen LogP contribution in [-0.4, -0.2) is 42.6 Å². The molecular formula is C14H26N2O2. The van der Waals surface area contributed by atoms with Crippen molar-refractivity contribution in [2.75, 3.05) is 20.1 Å². The first-order chi connectivity index (χ1) is 8.60. The number of likely N-dealkylation sites (tertiary alicyclic amines) is 1. The molecule has 0 aromatic heterocycles. The van der Waals surface area contributed by atoms with Crippen molar-refractivity contribution in [2.45, 2.75) is 57.2 Å². The summed E-state index contributed by atoms with van der Waals surface area (Å²) in [6, 6.07) is 0. The summed E-state index contributed by atoms with van der Waals surface area (Å²) >= 11 is 0. The van der Waals surface area contributed by atoms with Gasteiger partial charge in [0.15, 0.2) is 0 Å². The summed E-state index contributed by atoms with van der Waals surface area (Å²) < 4.78 is 6.15. The highest BCUT2D eigenvalue weighted by Crippen LogP contribution is 2.37. The van der Waals surface area contributed by atoms with Crippen molar-refractivity contribution < 1.29 is 9.53 Å². The fraction of sp³-hybridized carbons (Fsp3) is 0.929. The van der Waals surface area contributed by atoms with E-state index in [0.29, 0.717) is 6.54 Å². The molecule has 4 heteroatoms. The first kappa shape index (κ1) is 13.8. The number of ether oxygens (including phenoxy) is 1. The third-order valence-corrected chi connectivity index (χ3v) is 4.74. The summed E-state index contributed by atoms with van der Waals surface area (Å²) in [5.41, 5.74) is 5.69. The smallest absolute Gasteiger partial charge is 0.251 e. The number of hydrogen-bond donors (Lipinski definition) is 1. The second-order valence-corrected chi connectivity index (χ2v) is 5.89. The lowest BCUT2D eigenvalue weighted by Crippen LogP contribution is -2.47. The van der Waals surface area contributed by atoms with Gasteiger partial charge in [-0.25, -0.2) is 0 Å². The van der Waals surface area contributed by atoms with Crippen molar-refractivity contribution in [1.29, 1.82) is 0 Å². The van der Waals surface area contributed by atoms with Gasteiger partial charge in [-0.05, 0) is 31.6 Å². The summed E-state index contributed by atoms with van der Waals surface area (Å²) in [4.78, 5) is 13.7. The number of amides is 1. The zero-order valence-corrected chi connectivity index (χ0v) is 11.7. The Balaban J connectivity index is 1.95. The van der Waals surface area contributed by atoms with Crippen LogP contribution < -0.4 is 5.73 Å². The van der Waals surface area contributed by atoms with Gasteiger partial charge in [-0.3, -0.25) is 4.79 Å². The van der Waals surface area contributed by atoms with Gasteiger partial charge in [0.1, 0.15) is 6.10 Å². The molecule has 0 radical (unpaired) electrons. The fourth-order valence-electron chi connectivity index (χ4n) is 3.18. The molecule has 1 aliphatic heterocycles.